The summed E-state index contributed by atoms with van der Waals surface area (Å²) in [7, 11) is 0. The van der Waals surface area contributed by atoms with E-state index in [-0.39, 0.29) is 12.4 Å². The van der Waals surface area contributed by atoms with Gasteiger partial charge in [0.25, 0.3) is 0 Å². The van der Waals surface area contributed by atoms with Crippen LogP contribution in [0.1, 0.15) is 18.4 Å². The molecule has 1 aliphatic heterocycles. The van der Waals surface area contributed by atoms with Crippen LogP contribution in [0.25, 0.3) is 0 Å². The Labute approximate surface area is 91.3 Å². The first-order chi connectivity index (χ1) is 6.34. The Morgan fingerprint density at radius 1 is 1.64 bits per heavy atom. The molecule has 80 valence electrons. The molecule has 0 aliphatic carbocycles. The van der Waals surface area contributed by atoms with E-state index in [9.17, 15) is 0 Å². The number of rotatable bonds is 2. The molecule has 1 N–H and O–H groups in total. The minimum absolute atomic E-state index is 0. The predicted octanol–water partition coefficient (Wildman–Crippen LogP) is 1.61. The van der Waals surface area contributed by atoms with Gasteiger partial charge in [-0.15, -0.1) is 12.4 Å². The van der Waals surface area contributed by atoms with E-state index < -0.39 is 0 Å². The molecular weight excluding hydrogens is 198 g/mol. The third kappa shape index (κ3) is 3.00. The van der Waals surface area contributed by atoms with Crippen molar-refractivity contribution in [2.24, 2.45) is 5.92 Å². The van der Waals surface area contributed by atoms with Crippen LogP contribution < -0.4 is 5.32 Å². The van der Waals surface area contributed by atoms with Crippen LogP contribution in [0.3, 0.4) is 0 Å². The van der Waals surface area contributed by atoms with E-state index >= 15 is 0 Å². The number of hydrogen-bond donors (Lipinski definition) is 1. The van der Waals surface area contributed by atoms with Gasteiger partial charge in [0.1, 0.15) is 0 Å². The average Bonchev–Trinajstić information content (AvgIpc) is 2.53. The van der Waals surface area contributed by atoms with Gasteiger partial charge in [-0.05, 0) is 44.3 Å². The SMILES string of the molecule is Cc1cnn(C[C@H]2CCCNC2)c1.Cl. The topological polar surface area (TPSA) is 29.9 Å². The lowest BCUT2D eigenvalue weighted by molar-refractivity contribution is 0.325. The second kappa shape index (κ2) is 5.37. The van der Waals surface area contributed by atoms with E-state index in [0.717, 1.165) is 19.0 Å². The molecule has 0 spiro atoms. The Balaban J connectivity index is 0.000000980. The van der Waals surface area contributed by atoms with Crippen LogP contribution in [0.2, 0.25) is 0 Å². The summed E-state index contributed by atoms with van der Waals surface area (Å²) >= 11 is 0. The van der Waals surface area contributed by atoms with Crippen molar-refractivity contribution in [2.75, 3.05) is 13.1 Å². The zero-order valence-electron chi connectivity index (χ0n) is 8.57. The van der Waals surface area contributed by atoms with Gasteiger partial charge in [0.2, 0.25) is 0 Å². The fourth-order valence-electron chi connectivity index (χ4n) is 1.91. The normalized spacial score (nSPS) is 21.6. The van der Waals surface area contributed by atoms with Gasteiger partial charge >= 0.3 is 0 Å². The number of aryl methyl sites for hydroxylation is 1. The Bertz CT molecular complexity index is 266. The van der Waals surface area contributed by atoms with Crippen LogP contribution in [0, 0.1) is 12.8 Å². The number of halogens is 1. The molecule has 2 rings (SSSR count). The standard InChI is InChI=1S/C10H17N3.ClH/c1-9-5-12-13(7-9)8-10-3-2-4-11-6-10;/h5,7,10-11H,2-4,6,8H2,1H3;1H/t10-;/m0./s1. The molecule has 0 unspecified atom stereocenters. The van der Waals surface area contributed by atoms with Crippen molar-refractivity contribution in [2.45, 2.75) is 26.3 Å². The lowest BCUT2D eigenvalue weighted by Gasteiger charge is -2.22. The highest BCUT2D eigenvalue weighted by molar-refractivity contribution is 5.85. The first-order valence-corrected chi connectivity index (χ1v) is 5.04. The Hall–Kier alpha value is -0.540. The second-order valence-corrected chi connectivity index (χ2v) is 3.95. The van der Waals surface area contributed by atoms with E-state index in [1.54, 1.807) is 0 Å². The smallest absolute Gasteiger partial charge is 0.0518 e. The molecule has 0 saturated carbocycles. The molecule has 3 nitrogen and oxygen atoms in total. The van der Waals surface area contributed by atoms with Crippen molar-refractivity contribution in [1.29, 1.82) is 0 Å². The first-order valence-electron chi connectivity index (χ1n) is 5.04. The monoisotopic (exact) mass is 215 g/mol. The van der Waals surface area contributed by atoms with Gasteiger partial charge in [-0.3, -0.25) is 4.68 Å². The maximum atomic E-state index is 4.30. The summed E-state index contributed by atoms with van der Waals surface area (Å²) in [6.45, 7) is 5.50. The first kappa shape index (κ1) is 11.5. The van der Waals surface area contributed by atoms with Crippen molar-refractivity contribution >= 4 is 12.4 Å². The fraction of sp³-hybridized carbons (Fsp3) is 0.700. The summed E-state index contributed by atoms with van der Waals surface area (Å²) in [4.78, 5) is 0. The Morgan fingerprint density at radius 3 is 3.07 bits per heavy atom. The van der Waals surface area contributed by atoms with Crippen molar-refractivity contribution in [3.63, 3.8) is 0 Å². The molecular formula is C10H18ClN3. The molecule has 1 aromatic heterocycles. The zero-order valence-corrected chi connectivity index (χ0v) is 9.39. The van der Waals surface area contributed by atoms with E-state index in [0.29, 0.717) is 0 Å². The number of nitrogens with one attached hydrogen (secondary N) is 1. The second-order valence-electron chi connectivity index (χ2n) is 3.95. The van der Waals surface area contributed by atoms with Crippen molar-refractivity contribution in [1.82, 2.24) is 15.1 Å². The van der Waals surface area contributed by atoms with Crippen molar-refractivity contribution in [3.05, 3.63) is 18.0 Å². The van der Waals surface area contributed by atoms with Crippen LogP contribution in [0.5, 0.6) is 0 Å². The molecule has 0 bridgehead atoms. The van der Waals surface area contributed by atoms with Crippen LogP contribution in [0.4, 0.5) is 0 Å². The minimum Gasteiger partial charge on any atom is -0.316 e. The summed E-state index contributed by atoms with van der Waals surface area (Å²) in [5.74, 6) is 0.771. The molecule has 1 aliphatic rings. The highest BCUT2D eigenvalue weighted by Crippen LogP contribution is 2.12. The van der Waals surface area contributed by atoms with E-state index in [1.165, 1.54) is 24.9 Å². The van der Waals surface area contributed by atoms with Crippen LogP contribution >= 0.6 is 12.4 Å². The van der Waals surface area contributed by atoms with Crippen LogP contribution in [-0.2, 0) is 6.54 Å². The number of piperidine rings is 1. The van der Waals surface area contributed by atoms with Crippen molar-refractivity contribution < 1.29 is 0 Å². The summed E-state index contributed by atoms with van der Waals surface area (Å²) in [6, 6.07) is 0. The van der Waals surface area contributed by atoms with Gasteiger partial charge in [-0.25, -0.2) is 0 Å². The molecule has 1 atom stereocenters. The number of hydrogen-bond acceptors (Lipinski definition) is 2. The highest BCUT2D eigenvalue weighted by atomic mass is 35.5. The molecule has 0 aromatic carbocycles. The van der Waals surface area contributed by atoms with Crippen LogP contribution in [0.15, 0.2) is 12.4 Å². The Kier molecular flexibility index (Phi) is 4.42. The molecule has 1 aromatic rings. The van der Waals surface area contributed by atoms with Gasteiger partial charge in [-0.1, -0.05) is 0 Å². The molecule has 1 fully saturated rings. The molecule has 0 radical (unpaired) electrons. The van der Waals surface area contributed by atoms with Crippen LogP contribution in [-0.4, -0.2) is 22.9 Å². The van der Waals surface area contributed by atoms with Gasteiger partial charge in [0.05, 0.1) is 6.20 Å². The lowest BCUT2D eigenvalue weighted by Crippen LogP contribution is -2.32. The summed E-state index contributed by atoms with van der Waals surface area (Å²) < 4.78 is 2.06. The summed E-state index contributed by atoms with van der Waals surface area (Å²) in [5, 5.41) is 7.72. The molecule has 14 heavy (non-hydrogen) atoms. The summed E-state index contributed by atoms with van der Waals surface area (Å²) in [5.41, 5.74) is 1.25. The van der Waals surface area contributed by atoms with E-state index in [1.807, 2.05) is 6.20 Å². The molecule has 4 heteroatoms. The third-order valence-electron chi connectivity index (χ3n) is 2.61. The van der Waals surface area contributed by atoms with E-state index in [4.69, 9.17) is 0 Å². The average molecular weight is 216 g/mol. The zero-order chi connectivity index (χ0) is 9.10. The molecule has 1 saturated heterocycles. The van der Waals surface area contributed by atoms with Gasteiger partial charge in [-0.2, -0.15) is 5.10 Å². The predicted molar refractivity (Wildman–Crippen MR) is 59.8 cm³/mol. The highest BCUT2D eigenvalue weighted by Gasteiger charge is 2.13. The minimum atomic E-state index is 0. The largest absolute Gasteiger partial charge is 0.316 e. The summed E-state index contributed by atoms with van der Waals surface area (Å²) in [6.07, 6.45) is 6.70. The van der Waals surface area contributed by atoms with Gasteiger partial charge in [0, 0.05) is 12.7 Å². The van der Waals surface area contributed by atoms with Crippen molar-refractivity contribution in [3.8, 4) is 0 Å². The fourth-order valence-corrected chi connectivity index (χ4v) is 1.91. The lowest BCUT2D eigenvalue weighted by atomic mass is 10.00. The maximum Gasteiger partial charge on any atom is 0.0518 e. The quantitative estimate of drug-likeness (QED) is 0.813. The van der Waals surface area contributed by atoms with Gasteiger partial charge < -0.3 is 5.32 Å². The number of nitrogens with zero attached hydrogens (tertiary/aromatic N) is 2. The van der Waals surface area contributed by atoms with Gasteiger partial charge in [0.15, 0.2) is 0 Å². The third-order valence-corrected chi connectivity index (χ3v) is 2.61. The number of aromatic nitrogens is 2. The molecule has 2 heterocycles. The maximum absolute atomic E-state index is 4.30. The Morgan fingerprint density at radius 2 is 2.50 bits per heavy atom. The molecule has 0 amide bonds. The van der Waals surface area contributed by atoms with E-state index in [2.05, 4.69) is 28.2 Å².